The van der Waals surface area contributed by atoms with Crippen molar-refractivity contribution in [2.75, 3.05) is 13.1 Å². The normalized spacial score (nSPS) is 17.4. The van der Waals surface area contributed by atoms with Gasteiger partial charge in [0.2, 0.25) is 5.91 Å². The molecule has 0 spiro atoms. The van der Waals surface area contributed by atoms with Crippen LogP contribution in [0.2, 0.25) is 0 Å². The summed E-state index contributed by atoms with van der Waals surface area (Å²) in [6, 6.07) is 2.63. The molecule has 7 nitrogen and oxygen atoms in total. The number of likely N-dealkylation sites (tertiary alicyclic amines) is 1. The first-order valence-electron chi connectivity index (χ1n) is 7.94. The molecule has 2 aromatic rings. The molecule has 1 saturated heterocycles. The number of nitrogens with one attached hydrogen (secondary N) is 2. The third-order valence-corrected chi connectivity index (χ3v) is 4.15. The van der Waals surface area contributed by atoms with Crippen molar-refractivity contribution in [1.82, 2.24) is 25.4 Å². The van der Waals surface area contributed by atoms with Crippen molar-refractivity contribution in [3.8, 4) is 0 Å². The summed E-state index contributed by atoms with van der Waals surface area (Å²) < 4.78 is 26.1. The molecule has 3 rings (SSSR count). The topological polar surface area (TPSA) is 91.0 Å². The summed E-state index contributed by atoms with van der Waals surface area (Å²) in [7, 11) is 0. The van der Waals surface area contributed by atoms with Gasteiger partial charge in [-0.05, 0) is 37.5 Å². The molecule has 25 heavy (non-hydrogen) atoms. The summed E-state index contributed by atoms with van der Waals surface area (Å²) in [6.07, 6.45) is 3.99. The molecule has 0 bridgehead atoms. The van der Waals surface area contributed by atoms with Gasteiger partial charge >= 0.3 is 0 Å². The summed E-state index contributed by atoms with van der Waals surface area (Å²) >= 11 is 0. The van der Waals surface area contributed by atoms with E-state index in [0.717, 1.165) is 37.5 Å². The first kappa shape index (κ1) is 17.0. The van der Waals surface area contributed by atoms with E-state index in [0.29, 0.717) is 12.4 Å². The molecule has 132 valence electrons. The summed E-state index contributed by atoms with van der Waals surface area (Å²) in [5, 5.41) is 9.03. The van der Waals surface area contributed by atoms with Gasteiger partial charge in [0.1, 0.15) is 12.2 Å². The smallest absolute Gasteiger partial charge is 0.251 e. The monoisotopic (exact) mass is 349 g/mol. The van der Waals surface area contributed by atoms with E-state index in [-0.39, 0.29) is 24.1 Å². The van der Waals surface area contributed by atoms with Crippen molar-refractivity contribution < 1.29 is 18.4 Å². The molecule has 1 aliphatic rings. The molecule has 1 fully saturated rings. The lowest BCUT2D eigenvalue weighted by molar-refractivity contribution is -0.134. The third kappa shape index (κ3) is 3.81. The lowest BCUT2D eigenvalue weighted by atomic mass is 10.0. The van der Waals surface area contributed by atoms with Crippen molar-refractivity contribution in [3.05, 3.63) is 47.5 Å². The molecule has 1 aromatic heterocycles. The van der Waals surface area contributed by atoms with Gasteiger partial charge in [-0.3, -0.25) is 14.7 Å². The fourth-order valence-electron chi connectivity index (χ4n) is 2.89. The van der Waals surface area contributed by atoms with Gasteiger partial charge in [-0.1, -0.05) is 0 Å². The second kappa shape index (κ2) is 7.37. The zero-order valence-corrected chi connectivity index (χ0v) is 13.3. The van der Waals surface area contributed by atoms with Gasteiger partial charge < -0.3 is 10.2 Å². The molecular weight excluding hydrogens is 332 g/mol. The maximum absolute atomic E-state index is 13.2. The Hall–Kier alpha value is -2.84. The van der Waals surface area contributed by atoms with Crippen LogP contribution in [0, 0.1) is 11.6 Å². The van der Waals surface area contributed by atoms with Gasteiger partial charge in [-0.15, -0.1) is 0 Å². The van der Waals surface area contributed by atoms with E-state index < -0.39 is 17.5 Å². The molecule has 9 heteroatoms. The Bertz CT molecular complexity index is 766. The second-order valence-corrected chi connectivity index (χ2v) is 5.78. The molecule has 2 amide bonds. The van der Waals surface area contributed by atoms with Gasteiger partial charge in [0, 0.05) is 12.1 Å². The van der Waals surface area contributed by atoms with Crippen LogP contribution in [0.15, 0.2) is 24.5 Å². The van der Waals surface area contributed by atoms with E-state index in [1.807, 2.05) is 0 Å². The van der Waals surface area contributed by atoms with E-state index in [4.69, 9.17) is 0 Å². The van der Waals surface area contributed by atoms with E-state index in [9.17, 15) is 18.4 Å². The molecule has 0 saturated carbocycles. The van der Waals surface area contributed by atoms with Crippen LogP contribution in [0.5, 0.6) is 0 Å². The van der Waals surface area contributed by atoms with Gasteiger partial charge in [-0.25, -0.2) is 13.8 Å². The Morgan fingerprint density at radius 3 is 2.84 bits per heavy atom. The number of amides is 2. The molecule has 0 aliphatic carbocycles. The van der Waals surface area contributed by atoms with Gasteiger partial charge in [-0.2, -0.15) is 5.10 Å². The van der Waals surface area contributed by atoms with Crippen LogP contribution >= 0.6 is 0 Å². The van der Waals surface area contributed by atoms with E-state index in [1.165, 1.54) is 6.33 Å². The molecule has 1 atom stereocenters. The number of halogens is 2. The predicted octanol–water partition coefficient (Wildman–Crippen LogP) is 1.57. The van der Waals surface area contributed by atoms with Crippen LogP contribution < -0.4 is 5.32 Å². The molecule has 2 N–H and O–H groups in total. The SMILES string of the molecule is O=C(NCC(=O)N1CCCC[C@H]1c1ncn[nH]1)c1ccc(F)c(F)c1. The second-order valence-electron chi connectivity index (χ2n) is 5.78. The van der Waals surface area contributed by atoms with Crippen LogP contribution in [0.3, 0.4) is 0 Å². The zero-order valence-electron chi connectivity index (χ0n) is 13.3. The van der Waals surface area contributed by atoms with Gasteiger partial charge in [0.15, 0.2) is 11.6 Å². The lowest BCUT2D eigenvalue weighted by Crippen LogP contribution is -2.44. The number of rotatable bonds is 4. The van der Waals surface area contributed by atoms with Gasteiger partial charge in [0.05, 0.1) is 12.6 Å². The number of carbonyl (C=O) groups is 2. The first-order valence-corrected chi connectivity index (χ1v) is 7.94. The number of hydrogen-bond donors (Lipinski definition) is 2. The Labute approximate surface area is 142 Å². The molecule has 0 radical (unpaired) electrons. The first-order chi connectivity index (χ1) is 12.1. The number of nitrogens with zero attached hydrogens (tertiary/aromatic N) is 3. The van der Waals surface area contributed by atoms with Crippen LogP contribution in [0.1, 0.15) is 41.5 Å². The third-order valence-electron chi connectivity index (χ3n) is 4.15. The highest BCUT2D eigenvalue weighted by Gasteiger charge is 2.29. The van der Waals surface area contributed by atoms with E-state index >= 15 is 0 Å². The molecule has 0 unspecified atom stereocenters. The van der Waals surface area contributed by atoms with Crippen molar-refractivity contribution in [2.45, 2.75) is 25.3 Å². The van der Waals surface area contributed by atoms with Crippen molar-refractivity contribution in [3.63, 3.8) is 0 Å². The maximum Gasteiger partial charge on any atom is 0.251 e. The summed E-state index contributed by atoms with van der Waals surface area (Å²) in [4.78, 5) is 30.2. The van der Waals surface area contributed by atoms with Crippen molar-refractivity contribution >= 4 is 11.8 Å². The summed E-state index contributed by atoms with van der Waals surface area (Å²) in [5.74, 6) is -2.44. The van der Waals surface area contributed by atoms with Crippen molar-refractivity contribution in [2.24, 2.45) is 0 Å². The summed E-state index contributed by atoms with van der Waals surface area (Å²) in [6.45, 7) is 0.327. The molecule has 1 aliphatic heterocycles. The highest BCUT2D eigenvalue weighted by atomic mass is 19.2. The van der Waals surface area contributed by atoms with Crippen LogP contribution in [-0.4, -0.2) is 45.0 Å². The van der Waals surface area contributed by atoms with Crippen LogP contribution in [0.25, 0.3) is 0 Å². The number of aromatic amines is 1. The minimum atomic E-state index is -1.11. The number of hydrogen-bond acceptors (Lipinski definition) is 4. The van der Waals surface area contributed by atoms with E-state index in [1.54, 1.807) is 4.90 Å². The fraction of sp³-hybridized carbons (Fsp3) is 0.375. The minimum Gasteiger partial charge on any atom is -0.343 e. The largest absolute Gasteiger partial charge is 0.343 e. The maximum atomic E-state index is 13.2. The standard InChI is InChI=1S/C16H17F2N5O2/c17-11-5-4-10(7-12(11)18)16(25)19-8-14(24)23-6-2-1-3-13(23)15-20-9-21-22-15/h4-5,7,9,13H,1-3,6,8H2,(H,19,25)(H,20,21,22)/t13-/m0/s1. The van der Waals surface area contributed by atoms with E-state index in [2.05, 4.69) is 20.5 Å². The molecular formula is C16H17F2N5O2. The lowest BCUT2D eigenvalue weighted by Gasteiger charge is -2.34. The predicted molar refractivity (Wildman–Crippen MR) is 83.4 cm³/mol. The number of piperidine rings is 1. The summed E-state index contributed by atoms with van der Waals surface area (Å²) in [5.41, 5.74) is -0.0443. The van der Waals surface area contributed by atoms with Crippen molar-refractivity contribution in [1.29, 1.82) is 0 Å². The number of aromatic nitrogens is 3. The Kier molecular flexibility index (Phi) is 5.01. The minimum absolute atomic E-state index is 0.0443. The Balaban J connectivity index is 1.62. The highest BCUT2D eigenvalue weighted by Crippen LogP contribution is 2.28. The average molecular weight is 349 g/mol. The Morgan fingerprint density at radius 1 is 1.28 bits per heavy atom. The fourth-order valence-corrected chi connectivity index (χ4v) is 2.89. The quantitative estimate of drug-likeness (QED) is 0.876. The van der Waals surface area contributed by atoms with Gasteiger partial charge in [0.25, 0.3) is 5.91 Å². The number of carbonyl (C=O) groups excluding carboxylic acids is 2. The van der Waals surface area contributed by atoms with Crippen LogP contribution in [-0.2, 0) is 4.79 Å². The molecule has 2 heterocycles. The zero-order chi connectivity index (χ0) is 17.8. The van der Waals surface area contributed by atoms with Crippen LogP contribution in [0.4, 0.5) is 8.78 Å². The number of benzene rings is 1. The average Bonchev–Trinajstić information content (AvgIpc) is 3.16. The Morgan fingerprint density at radius 2 is 2.12 bits per heavy atom. The highest BCUT2D eigenvalue weighted by molar-refractivity contribution is 5.96. The number of H-pyrrole nitrogens is 1. The molecule has 1 aromatic carbocycles.